The lowest BCUT2D eigenvalue weighted by atomic mass is 9.94. The lowest BCUT2D eigenvalue weighted by Gasteiger charge is -2.30. The van der Waals surface area contributed by atoms with Crippen molar-refractivity contribution in [2.24, 2.45) is 0 Å². The van der Waals surface area contributed by atoms with Crippen molar-refractivity contribution in [1.82, 2.24) is 5.32 Å². The van der Waals surface area contributed by atoms with Crippen LogP contribution in [0.1, 0.15) is 78.0 Å². The molecular weight excluding hydrogens is 352 g/mol. The van der Waals surface area contributed by atoms with E-state index in [1.54, 1.807) is 11.8 Å². The molecule has 1 aromatic rings. The Labute approximate surface area is 157 Å². The van der Waals surface area contributed by atoms with Crippen LogP contribution in [0, 0.1) is 0 Å². The van der Waals surface area contributed by atoms with E-state index in [0.717, 1.165) is 44.2 Å². The number of rotatable bonds is 4. The number of hydrogen-bond donors (Lipinski definition) is 1. The molecule has 7 heteroatoms. The number of ketones is 1. The maximum Gasteiger partial charge on any atom is 0.341 e. The third-order valence-corrected chi connectivity index (χ3v) is 6.23. The van der Waals surface area contributed by atoms with Crippen molar-refractivity contribution in [3.63, 3.8) is 0 Å². The average Bonchev–Trinajstić information content (AvgIpc) is 2.78. The quantitative estimate of drug-likeness (QED) is 0.814. The fraction of sp³-hybridized carbons (Fsp3) is 0.632. The number of carbonyl (C=O) groups excluding carboxylic acids is 3. The summed E-state index contributed by atoms with van der Waals surface area (Å²) in [6.07, 6.45) is 5.81. The molecule has 1 fully saturated rings. The van der Waals surface area contributed by atoms with E-state index in [1.807, 2.05) is 0 Å². The van der Waals surface area contributed by atoms with Gasteiger partial charge in [-0.3, -0.25) is 19.8 Å². The topological polar surface area (TPSA) is 75.7 Å². The zero-order valence-electron chi connectivity index (χ0n) is 15.4. The SMILES string of the molecule is CCOC(=O)c1c(N(C(C)=O)C2CCCCCN2)sc2c1CCCC2=O. The van der Waals surface area contributed by atoms with Gasteiger partial charge in [-0.25, -0.2) is 4.79 Å². The highest BCUT2D eigenvalue weighted by Crippen LogP contribution is 2.41. The Hall–Kier alpha value is -1.73. The molecule has 2 aliphatic rings. The van der Waals surface area contributed by atoms with Gasteiger partial charge < -0.3 is 4.74 Å². The van der Waals surface area contributed by atoms with E-state index in [4.69, 9.17) is 4.74 Å². The van der Waals surface area contributed by atoms with Gasteiger partial charge in [0.15, 0.2) is 5.78 Å². The molecule has 6 nitrogen and oxygen atoms in total. The molecule has 0 saturated carbocycles. The molecular formula is C19H26N2O4S. The van der Waals surface area contributed by atoms with Gasteiger partial charge in [0.05, 0.1) is 23.2 Å². The minimum Gasteiger partial charge on any atom is -0.462 e. The molecule has 0 radical (unpaired) electrons. The highest BCUT2D eigenvalue weighted by atomic mass is 32.1. The standard InChI is InChI=1S/C19H26N2O4S/c1-3-25-19(24)16-13-8-7-9-14(23)17(13)26-18(16)21(12(2)22)15-10-5-4-6-11-20-15/h15,20H,3-11H2,1-2H3. The number of hydrogen-bond acceptors (Lipinski definition) is 6. The summed E-state index contributed by atoms with van der Waals surface area (Å²) >= 11 is 1.28. The lowest BCUT2D eigenvalue weighted by Crippen LogP contribution is -2.48. The number of nitrogens with zero attached hydrogens (tertiary/aromatic N) is 1. The molecule has 0 spiro atoms. The highest BCUT2D eigenvalue weighted by Gasteiger charge is 2.35. The Morgan fingerprint density at radius 2 is 2.04 bits per heavy atom. The van der Waals surface area contributed by atoms with E-state index in [1.165, 1.54) is 18.3 Å². The maximum atomic E-state index is 12.7. The first-order valence-electron chi connectivity index (χ1n) is 9.43. The van der Waals surface area contributed by atoms with Crippen molar-refractivity contribution in [1.29, 1.82) is 0 Å². The number of thiophene rings is 1. The molecule has 1 unspecified atom stereocenters. The van der Waals surface area contributed by atoms with Crippen LogP contribution in [-0.4, -0.2) is 37.0 Å². The summed E-state index contributed by atoms with van der Waals surface area (Å²) in [6.45, 7) is 4.38. The first-order valence-corrected chi connectivity index (χ1v) is 10.3. The smallest absolute Gasteiger partial charge is 0.341 e. The number of carbonyl (C=O) groups is 3. The van der Waals surface area contributed by atoms with Crippen LogP contribution in [0.15, 0.2) is 0 Å². The largest absolute Gasteiger partial charge is 0.462 e. The van der Waals surface area contributed by atoms with E-state index in [-0.39, 0.29) is 24.5 Å². The van der Waals surface area contributed by atoms with Crippen LogP contribution in [-0.2, 0) is 16.0 Å². The zero-order chi connectivity index (χ0) is 18.7. The van der Waals surface area contributed by atoms with Gasteiger partial charge in [0, 0.05) is 13.3 Å². The molecule has 1 atom stereocenters. The highest BCUT2D eigenvalue weighted by molar-refractivity contribution is 7.19. The van der Waals surface area contributed by atoms with Crippen LogP contribution in [0.25, 0.3) is 0 Å². The summed E-state index contributed by atoms with van der Waals surface area (Å²) in [5, 5.41) is 3.99. The van der Waals surface area contributed by atoms with Crippen LogP contribution < -0.4 is 10.2 Å². The number of amides is 1. The average molecular weight is 378 g/mol. The molecule has 1 N–H and O–H groups in total. The number of anilines is 1. The molecule has 142 valence electrons. The van der Waals surface area contributed by atoms with Crippen molar-refractivity contribution in [3.8, 4) is 0 Å². The number of esters is 1. The second-order valence-corrected chi connectivity index (χ2v) is 7.79. The fourth-order valence-electron chi connectivity index (χ4n) is 3.77. The monoisotopic (exact) mass is 378 g/mol. The van der Waals surface area contributed by atoms with Gasteiger partial charge in [-0.15, -0.1) is 11.3 Å². The summed E-state index contributed by atoms with van der Waals surface area (Å²) in [7, 11) is 0. The van der Waals surface area contributed by atoms with E-state index in [2.05, 4.69) is 5.32 Å². The maximum absolute atomic E-state index is 12.7. The van der Waals surface area contributed by atoms with Crippen LogP contribution in [0.4, 0.5) is 5.00 Å². The van der Waals surface area contributed by atoms with E-state index in [0.29, 0.717) is 28.3 Å². The van der Waals surface area contributed by atoms with Crippen molar-refractivity contribution in [2.45, 2.75) is 65.0 Å². The van der Waals surface area contributed by atoms with E-state index < -0.39 is 5.97 Å². The Bertz CT molecular complexity index is 705. The number of nitrogens with one attached hydrogen (secondary N) is 1. The van der Waals surface area contributed by atoms with Gasteiger partial charge in [-0.05, 0) is 51.1 Å². The Balaban J connectivity index is 2.09. The summed E-state index contributed by atoms with van der Waals surface area (Å²) in [5.74, 6) is -0.499. The normalized spacial score (nSPS) is 20.2. The molecule has 3 rings (SSSR count). The van der Waals surface area contributed by atoms with Crippen molar-refractivity contribution >= 4 is 34.0 Å². The molecule has 1 aliphatic heterocycles. The second kappa shape index (κ2) is 8.31. The number of Topliss-reactive ketones (excluding diaryl/α,β-unsaturated/α-hetero) is 1. The molecule has 1 saturated heterocycles. The van der Waals surface area contributed by atoms with Crippen LogP contribution >= 0.6 is 11.3 Å². The van der Waals surface area contributed by atoms with Gasteiger partial charge in [-0.2, -0.15) is 0 Å². The van der Waals surface area contributed by atoms with Crippen molar-refractivity contribution in [2.75, 3.05) is 18.1 Å². The Morgan fingerprint density at radius 1 is 1.23 bits per heavy atom. The first-order chi connectivity index (χ1) is 12.5. The number of fused-ring (bicyclic) bond motifs is 1. The Kier molecular flexibility index (Phi) is 6.09. The minimum absolute atomic E-state index is 0.0605. The first kappa shape index (κ1) is 19.0. The zero-order valence-corrected chi connectivity index (χ0v) is 16.2. The predicted molar refractivity (Wildman–Crippen MR) is 101 cm³/mol. The molecule has 1 amide bonds. The van der Waals surface area contributed by atoms with Gasteiger partial charge in [0.25, 0.3) is 0 Å². The molecule has 1 aromatic heterocycles. The van der Waals surface area contributed by atoms with Gasteiger partial charge >= 0.3 is 5.97 Å². The molecule has 1 aliphatic carbocycles. The second-order valence-electron chi connectivity index (χ2n) is 6.80. The molecule has 0 bridgehead atoms. The van der Waals surface area contributed by atoms with E-state index >= 15 is 0 Å². The van der Waals surface area contributed by atoms with Crippen LogP contribution in [0.5, 0.6) is 0 Å². The van der Waals surface area contributed by atoms with Crippen LogP contribution in [0.2, 0.25) is 0 Å². The lowest BCUT2D eigenvalue weighted by molar-refractivity contribution is -0.117. The fourth-order valence-corrected chi connectivity index (χ4v) is 5.17. The Morgan fingerprint density at radius 3 is 2.77 bits per heavy atom. The summed E-state index contributed by atoms with van der Waals surface area (Å²) < 4.78 is 5.27. The van der Waals surface area contributed by atoms with E-state index in [9.17, 15) is 14.4 Å². The van der Waals surface area contributed by atoms with Crippen molar-refractivity contribution < 1.29 is 19.1 Å². The van der Waals surface area contributed by atoms with Crippen molar-refractivity contribution in [3.05, 3.63) is 16.0 Å². The molecule has 0 aromatic carbocycles. The molecule has 26 heavy (non-hydrogen) atoms. The summed E-state index contributed by atoms with van der Waals surface area (Å²) in [4.78, 5) is 39.9. The predicted octanol–water partition coefficient (Wildman–Crippen LogP) is 3.29. The van der Waals surface area contributed by atoms with Gasteiger partial charge in [0.1, 0.15) is 5.00 Å². The molecule has 2 heterocycles. The minimum atomic E-state index is -0.436. The third-order valence-electron chi connectivity index (χ3n) is 4.96. The third kappa shape index (κ3) is 3.69. The van der Waals surface area contributed by atoms with Gasteiger partial charge in [-0.1, -0.05) is 6.42 Å². The summed E-state index contributed by atoms with van der Waals surface area (Å²) in [5.41, 5.74) is 1.18. The number of ether oxygens (including phenoxy) is 1. The van der Waals surface area contributed by atoms with Gasteiger partial charge in [0.2, 0.25) is 5.91 Å². The summed E-state index contributed by atoms with van der Waals surface area (Å²) in [6, 6.07) is 0. The van der Waals surface area contributed by atoms with Crippen LogP contribution in [0.3, 0.4) is 0 Å².